The Morgan fingerprint density at radius 2 is 2.28 bits per heavy atom. The highest BCUT2D eigenvalue weighted by Crippen LogP contribution is 2.10. The highest BCUT2D eigenvalue weighted by Gasteiger charge is 2.19. The first-order valence-electron chi connectivity index (χ1n) is 5.58. The SMILES string of the molecule is CCOC(=O)c1nnn(CCOCCO)c1CCl. The van der Waals surface area contributed by atoms with Gasteiger partial charge in [0, 0.05) is 0 Å². The van der Waals surface area contributed by atoms with E-state index in [1.54, 1.807) is 6.92 Å². The molecule has 0 atom stereocenters. The minimum Gasteiger partial charge on any atom is -0.461 e. The second-order valence-electron chi connectivity index (χ2n) is 3.30. The Morgan fingerprint density at radius 3 is 2.89 bits per heavy atom. The van der Waals surface area contributed by atoms with Crippen molar-refractivity contribution < 1.29 is 19.4 Å². The van der Waals surface area contributed by atoms with E-state index in [1.807, 2.05) is 0 Å². The summed E-state index contributed by atoms with van der Waals surface area (Å²) in [4.78, 5) is 11.6. The third kappa shape index (κ3) is 3.94. The summed E-state index contributed by atoms with van der Waals surface area (Å²) < 4.78 is 11.5. The number of rotatable bonds is 8. The number of hydrogen-bond donors (Lipinski definition) is 1. The quantitative estimate of drug-likeness (QED) is 0.415. The number of hydrogen-bond acceptors (Lipinski definition) is 6. The Hall–Kier alpha value is -1.18. The van der Waals surface area contributed by atoms with E-state index in [0.717, 1.165) is 0 Å². The van der Waals surface area contributed by atoms with Crippen molar-refractivity contribution in [1.82, 2.24) is 15.0 Å². The van der Waals surface area contributed by atoms with Crippen LogP contribution in [-0.2, 0) is 21.9 Å². The first kappa shape index (κ1) is 14.9. The largest absolute Gasteiger partial charge is 0.461 e. The molecule has 1 aromatic rings. The lowest BCUT2D eigenvalue weighted by Gasteiger charge is -2.05. The molecule has 0 aliphatic heterocycles. The van der Waals surface area contributed by atoms with Crippen molar-refractivity contribution in [3.05, 3.63) is 11.4 Å². The van der Waals surface area contributed by atoms with Crippen molar-refractivity contribution in [2.75, 3.05) is 26.4 Å². The summed E-state index contributed by atoms with van der Waals surface area (Å²) in [7, 11) is 0. The Morgan fingerprint density at radius 1 is 1.50 bits per heavy atom. The number of esters is 1. The predicted octanol–water partition coefficient (Wildman–Crippen LogP) is 0.202. The molecule has 0 radical (unpaired) electrons. The van der Waals surface area contributed by atoms with Gasteiger partial charge in [0.05, 0.1) is 44.5 Å². The minimum atomic E-state index is -0.532. The first-order chi connectivity index (χ1) is 8.74. The van der Waals surface area contributed by atoms with Crippen molar-refractivity contribution in [3.8, 4) is 0 Å². The van der Waals surface area contributed by atoms with Gasteiger partial charge >= 0.3 is 5.97 Å². The molecular formula is C10H16ClN3O4. The van der Waals surface area contributed by atoms with Crippen LogP contribution < -0.4 is 0 Å². The zero-order chi connectivity index (χ0) is 13.4. The van der Waals surface area contributed by atoms with Gasteiger partial charge in [0.15, 0.2) is 5.69 Å². The number of aliphatic hydroxyl groups is 1. The van der Waals surface area contributed by atoms with Crippen molar-refractivity contribution in [2.45, 2.75) is 19.3 Å². The summed E-state index contributed by atoms with van der Waals surface area (Å²) in [6.07, 6.45) is 0. The Bertz CT molecular complexity index is 383. The molecule has 0 bridgehead atoms. The number of aromatic nitrogens is 3. The zero-order valence-electron chi connectivity index (χ0n) is 10.1. The van der Waals surface area contributed by atoms with Crippen molar-refractivity contribution >= 4 is 17.6 Å². The molecule has 0 fully saturated rings. The molecule has 0 aliphatic carbocycles. The third-order valence-electron chi connectivity index (χ3n) is 2.12. The van der Waals surface area contributed by atoms with Gasteiger partial charge in [-0.2, -0.15) is 0 Å². The van der Waals surface area contributed by atoms with Crippen LogP contribution in [0.5, 0.6) is 0 Å². The van der Waals surface area contributed by atoms with Crippen LogP contribution in [0.2, 0.25) is 0 Å². The number of ether oxygens (including phenoxy) is 2. The van der Waals surface area contributed by atoms with E-state index in [0.29, 0.717) is 18.8 Å². The standard InChI is InChI=1S/C10H16ClN3O4/c1-2-18-10(16)9-8(7-11)14(13-12-9)3-5-17-6-4-15/h15H,2-7H2,1H3. The van der Waals surface area contributed by atoms with Crippen LogP contribution in [0.25, 0.3) is 0 Å². The third-order valence-corrected chi connectivity index (χ3v) is 2.37. The van der Waals surface area contributed by atoms with Gasteiger partial charge in [-0.25, -0.2) is 9.48 Å². The fraction of sp³-hybridized carbons (Fsp3) is 0.700. The summed E-state index contributed by atoms with van der Waals surface area (Å²) in [6, 6.07) is 0. The van der Waals surface area contributed by atoms with Gasteiger partial charge in [-0.3, -0.25) is 0 Å². The van der Waals surface area contributed by atoms with Crippen molar-refractivity contribution in [1.29, 1.82) is 0 Å². The maximum Gasteiger partial charge on any atom is 0.360 e. The normalized spacial score (nSPS) is 10.6. The van der Waals surface area contributed by atoms with E-state index in [4.69, 9.17) is 26.2 Å². The van der Waals surface area contributed by atoms with Gasteiger partial charge in [0.1, 0.15) is 0 Å². The molecule has 1 aromatic heterocycles. The molecule has 0 aliphatic rings. The molecule has 0 saturated heterocycles. The smallest absolute Gasteiger partial charge is 0.360 e. The molecule has 18 heavy (non-hydrogen) atoms. The van der Waals surface area contributed by atoms with E-state index in [-0.39, 0.29) is 31.4 Å². The lowest BCUT2D eigenvalue weighted by molar-refractivity contribution is 0.0518. The van der Waals surface area contributed by atoms with Crippen LogP contribution in [0, 0.1) is 0 Å². The molecule has 1 rings (SSSR count). The molecule has 0 amide bonds. The molecule has 0 saturated carbocycles. The van der Waals surface area contributed by atoms with Crippen LogP contribution in [-0.4, -0.2) is 52.5 Å². The van der Waals surface area contributed by atoms with Gasteiger partial charge in [-0.15, -0.1) is 16.7 Å². The summed E-state index contributed by atoms with van der Waals surface area (Å²) in [5.41, 5.74) is 0.636. The topological polar surface area (TPSA) is 86.5 Å². The van der Waals surface area contributed by atoms with Gasteiger partial charge in [-0.1, -0.05) is 5.21 Å². The highest BCUT2D eigenvalue weighted by atomic mass is 35.5. The maximum atomic E-state index is 11.6. The Labute approximate surface area is 110 Å². The lowest BCUT2D eigenvalue weighted by atomic mass is 10.3. The van der Waals surface area contributed by atoms with Crippen LogP contribution in [0.15, 0.2) is 0 Å². The average molecular weight is 278 g/mol. The van der Waals surface area contributed by atoms with Crippen LogP contribution in [0.3, 0.4) is 0 Å². The monoisotopic (exact) mass is 277 g/mol. The molecular weight excluding hydrogens is 262 g/mol. The molecule has 8 heteroatoms. The van der Waals surface area contributed by atoms with Gasteiger partial charge in [0.25, 0.3) is 0 Å². The van der Waals surface area contributed by atoms with Gasteiger partial charge in [-0.05, 0) is 6.92 Å². The number of carbonyl (C=O) groups is 1. The average Bonchev–Trinajstić information content (AvgIpc) is 2.78. The Kier molecular flexibility index (Phi) is 6.63. The number of nitrogens with zero attached hydrogens (tertiary/aromatic N) is 3. The molecule has 102 valence electrons. The Balaban J connectivity index is 2.66. The number of aliphatic hydroxyl groups excluding tert-OH is 1. The second kappa shape index (κ2) is 8.02. The summed E-state index contributed by atoms with van der Waals surface area (Å²) >= 11 is 5.77. The van der Waals surface area contributed by atoms with Crippen molar-refractivity contribution in [3.63, 3.8) is 0 Å². The molecule has 7 nitrogen and oxygen atoms in total. The van der Waals surface area contributed by atoms with Crippen LogP contribution >= 0.6 is 11.6 Å². The predicted molar refractivity (Wildman–Crippen MR) is 63.4 cm³/mol. The van der Waals surface area contributed by atoms with E-state index >= 15 is 0 Å². The highest BCUT2D eigenvalue weighted by molar-refractivity contribution is 6.17. The molecule has 1 N–H and O–H groups in total. The molecule has 0 unspecified atom stereocenters. The first-order valence-corrected chi connectivity index (χ1v) is 6.12. The molecule has 1 heterocycles. The van der Waals surface area contributed by atoms with Gasteiger partial charge in [0.2, 0.25) is 0 Å². The number of alkyl halides is 1. The minimum absolute atomic E-state index is 0.0339. The lowest BCUT2D eigenvalue weighted by Crippen LogP contribution is -2.13. The zero-order valence-corrected chi connectivity index (χ0v) is 10.9. The number of carbonyl (C=O) groups excluding carboxylic acids is 1. The summed E-state index contributed by atoms with van der Waals surface area (Å²) in [6.45, 7) is 2.98. The van der Waals surface area contributed by atoms with E-state index in [2.05, 4.69) is 10.3 Å². The van der Waals surface area contributed by atoms with E-state index in [1.165, 1.54) is 4.68 Å². The molecule has 0 spiro atoms. The van der Waals surface area contributed by atoms with Gasteiger partial charge < -0.3 is 14.6 Å². The maximum absolute atomic E-state index is 11.6. The summed E-state index contributed by atoms with van der Waals surface area (Å²) in [5.74, 6) is -0.420. The van der Waals surface area contributed by atoms with E-state index < -0.39 is 5.97 Å². The van der Waals surface area contributed by atoms with Crippen LogP contribution in [0.4, 0.5) is 0 Å². The second-order valence-corrected chi connectivity index (χ2v) is 3.57. The van der Waals surface area contributed by atoms with Crippen LogP contribution in [0.1, 0.15) is 23.1 Å². The van der Waals surface area contributed by atoms with E-state index in [9.17, 15) is 4.79 Å². The fourth-order valence-electron chi connectivity index (χ4n) is 1.32. The fourth-order valence-corrected chi connectivity index (χ4v) is 1.58. The molecule has 0 aromatic carbocycles. The van der Waals surface area contributed by atoms with Crippen molar-refractivity contribution in [2.24, 2.45) is 0 Å². The summed E-state index contributed by atoms with van der Waals surface area (Å²) in [5, 5.41) is 16.1. The number of halogens is 1.